The highest BCUT2D eigenvalue weighted by molar-refractivity contribution is 5.75. The molecule has 0 aliphatic rings. The number of rotatable bonds is 8. The first-order valence-corrected chi connectivity index (χ1v) is 6.54. The third-order valence-corrected chi connectivity index (χ3v) is 3.14. The van der Waals surface area contributed by atoms with E-state index in [4.69, 9.17) is 9.47 Å². The molecule has 106 valence electrons. The van der Waals surface area contributed by atoms with Gasteiger partial charge in [-0.05, 0) is 17.9 Å². The van der Waals surface area contributed by atoms with Crippen molar-refractivity contribution in [3.8, 4) is 0 Å². The zero-order valence-electron chi connectivity index (χ0n) is 11.9. The Hall–Kier alpha value is -1.39. The van der Waals surface area contributed by atoms with Crippen LogP contribution in [-0.2, 0) is 14.3 Å². The Morgan fingerprint density at radius 3 is 2.53 bits per heavy atom. The summed E-state index contributed by atoms with van der Waals surface area (Å²) in [5.74, 6) is 0.0687. The summed E-state index contributed by atoms with van der Waals surface area (Å²) >= 11 is 0. The van der Waals surface area contributed by atoms with Crippen LogP contribution in [0.5, 0.6) is 0 Å². The number of carbonyl (C=O) groups excluding carboxylic acids is 1. The van der Waals surface area contributed by atoms with E-state index >= 15 is 0 Å². The highest BCUT2D eigenvalue weighted by Crippen LogP contribution is 2.20. The van der Waals surface area contributed by atoms with Crippen LogP contribution in [-0.4, -0.2) is 39.4 Å². The molecule has 0 saturated carbocycles. The van der Waals surface area contributed by atoms with Gasteiger partial charge in [0.05, 0.1) is 13.7 Å². The van der Waals surface area contributed by atoms with Crippen molar-refractivity contribution in [2.75, 3.05) is 27.4 Å². The molecule has 0 bridgehead atoms. The van der Waals surface area contributed by atoms with E-state index in [1.807, 2.05) is 18.2 Å². The van der Waals surface area contributed by atoms with Crippen molar-refractivity contribution in [1.29, 1.82) is 0 Å². The Kier molecular flexibility index (Phi) is 7.15. The van der Waals surface area contributed by atoms with E-state index in [0.29, 0.717) is 25.5 Å². The molecule has 19 heavy (non-hydrogen) atoms. The molecule has 0 aliphatic heterocycles. The predicted octanol–water partition coefficient (Wildman–Crippen LogP) is 1.96. The fourth-order valence-electron chi connectivity index (χ4n) is 2.01. The Labute approximate surface area is 115 Å². The summed E-state index contributed by atoms with van der Waals surface area (Å²) in [5, 5.41) is 3.17. The minimum Gasteiger partial charge on any atom is -0.468 e. The summed E-state index contributed by atoms with van der Waals surface area (Å²) in [6.07, 6.45) is 0.709. The second-order valence-electron chi connectivity index (χ2n) is 4.57. The van der Waals surface area contributed by atoms with Crippen molar-refractivity contribution < 1.29 is 14.3 Å². The number of ether oxygens (including phenoxy) is 2. The summed E-state index contributed by atoms with van der Waals surface area (Å²) in [5.41, 5.74) is 1.23. The molecule has 0 spiro atoms. The fourth-order valence-corrected chi connectivity index (χ4v) is 2.01. The quantitative estimate of drug-likeness (QED) is 0.576. The predicted molar refractivity (Wildman–Crippen MR) is 75.2 cm³/mol. The highest BCUT2D eigenvalue weighted by atomic mass is 16.5. The molecular formula is C15H23NO3. The maximum atomic E-state index is 11.7. The average molecular weight is 265 g/mol. The van der Waals surface area contributed by atoms with Gasteiger partial charge in [0.15, 0.2) is 0 Å². The van der Waals surface area contributed by atoms with Crippen LogP contribution in [0, 0.1) is 0 Å². The lowest BCUT2D eigenvalue weighted by Gasteiger charge is -2.20. The lowest BCUT2D eigenvalue weighted by atomic mass is 9.94. The second kappa shape index (κ2) is 8.67. The molecule has 0 heterocycles. The lowest BCUT2D eigenvalue weighted by molar-refractivity contribution is -0.143. The minimum absolute atomic E-state index is 0.223. The van der Waals surface area contributed by atoms with Gasteiger partial charge < -0.3 is 14.8 Å². The zero-order valence-corrected chi connectivity index (χ0v) is 11.9. The standard InChI is InChI=1S/C15H23NO3/c1-12(13-7-5-4-6-8-13)11-14(15(17)19-3)16-9-10-18-2/h4-8,12,14,16H,9-11H2,1-3H3. The van der Waals surface area contributed by atoms with E-state index in [2.05, 4.69) is 24.4 Å². The van der Waals surface area contributed by atoms with Crippen LogP contribution in [0.15, 0.2) is 30.3 Å². The van der Waals surface area contributed by atoms with Gasteiger partial charge in [-0.25, -0.2) is 0 Å². The van der Waals surface area contributed by atoms with Gasteiger partial charge in [-0.3, -0.25) is 4.79 Å². The Morgan fingerprint density at radius 2 is 1.95 bits per heavy atom. The largest absolute Gasteiger partial charge is 0.468 e. The molecule has 1 aromatic rings. The third-order valence-electron chi connectivity index (χ3n) is 3.14. The first-order valence-electron chi connectivity index (χ1n) is 6.54. The molecule has 0 radical (unpaired) electrons. The maximum absolute atomic E-state index is 11.7. The summed E-state index contributed by atoms with van der Waals surface area (Å²) in [4.78, 5) is 11.7. The van der Waals surface area contributed by atoms with Crippen molar-refractivity contribution in [2.24, 2.45) is 0 Å². The second-order valence-corrected chi connectivity index (χ2v) is 4.57. The first-order chi connectivity index (χ1) is 9.19. The molecule has 0 saturated heterocycles. The van der Waals surface area contributed by atoms with E-state index in [1.54, 1.807) is 7.11 Å². The minimum atomic E-state index is -0.296. The maximum Gasteiger partial charge on any atom is 0.322 e. The van der Waals surface area contributed by atoms with Gasteiger partial charge in [0.25, 0.3) is 0 Å². The molecule has 1 rings (SSSR count). The van der Waals surface area contributed by atoms with Crippen molar-refractivity contribution in [1.82, 2.24) is 5.32 Å². The molecule has 0 aromatic heterocycles. The van der Waals surface area contributed by atoms with E-state index in [9.17, 15) is 4.79 Å². The molecule has 0 amide bonds. The average Bonchev–Trinajstić information content (AvgIpc) is 2.46. The number of hydrogen-bond acceptors (Lipinski definition) is 4. The number of methoxy groups -OCH3 is 2. The van der Waals surface area contributed by atoms with Crippen LogP contribution < -0.4 is 5.32 Å². The van der Waals surface area contributed by atoms with E-state index in [-0.39, 0.29) is 12.0 Å². The molecule has 1 N–H and O–H groups in total. The number of nitrogens with one attached hydrogen (secondary N) is 1. The van der Waals surface area contributed by atoms with Crippen molar-refractivity contribution in [3.05, 3.63) is 35.9 Å². The zero-order chi connectivity index (χ0) is 14.1. The van der Waals surface area contributed by atoms with Crippen molar-refractivity contribution in [3.63, 3.8) is 0 Å². The van der Waals surface area contributed by atoms with Gasteiger partial charge in [0.1, 0.15) is 6.04 Å². The summed E-state index contributed by atoms with van der Waals surface area (Å²) in [6, 6.07) is 9.87. The van der Waals surface area contributed by atoms with Crippen LogP contribution in [0.3, 0.4) is 0 Å². The monoisotopic (exact) mass is 265 g/mol. The molecule has 4 heteroatoms. The van der Waals surface area contributed by atoms with Gasteiger partial charge in [0.2, 0.25) is 0 Å². The van der Waals surface area contributed by atoms with Crippen LogP contribution in [0.1, 0.15) is 24.8 Å². The lowest BCUT2D eigenvalue weighted by Crippen LogP contribution is -2.40. The summed E-state index contributed by atoms with van der Waals surface area (Å²) in [6.45, 7) is 3.33. The van der Waals surface area contributed by atoms with Crippen LogP contribution >= 0.6 is 0 Å². The number of hydrogen-bond donors (Lipinski definition) is 1. The van der Waals surface area contributed by atoms with Crippen LogP contribution in [0.25, 0.3) is 0 Å². The van der Waals surface area contributed by atoms with Crippen molar-refractivity contribution >= 4 is 5.97 Å². The topological polar surface area (TPSA) is 47.6 Å². The van der Waals surface area contributed by atoms with Gasteiger partial charge >= 0.3 is 5.97 Å². The summed E-state index contributed by atoms with van der Waals surface area (Å²) in [7, 11) is 3.06. The smallest absolute Gasteiger partial charge is 0.322 e. The highest BCUT2D eigenvalue weighted by Gasteiger charge is 2.21. The fraction of sp³-hybridized carbons (Fsp3) is 0.533. The number of esters is 1. The third kappa shape index (κ3) is 5.41. The van der Waals surface area contributed by atoms with Gasteiger partial charge in [-0.1, -0.05) is 37.3 Å². The molecule has 0 aliphatic carbocycles. The van der Waals surface area contributed by atoms with Crippen molar-refractivity contribution in [2.45, 2.75) is 25.3 Å². The first kappa shape index (κ1) is 15.7. The summed E-state index contributed by atoms with van der Waals surface area (Å²) < 4.78 is 9.82. The molecular weight excluding hydrogens is 242 g/mol. The number of carbonyl (C=O) groups is 1. The van der Waals surface area contributed by atoms with Gasteiger partial charge in [-0.2, -0.15) is 0 Å². The molecule has 4 nitrogen and oxygen atoms in total. The van der Waals surface area contributed by atoms with Gasteiger partial charge in [0, 0.05) is 13.7 Å². The normalized spacial score (nSPS) is 13.8. The van der Waals surface area contributed by atoms with E-state index in [1.165, 1.54) is 12.7 Å². The van der Waals surface area contributed by atoms with E-state index in [0.717, 1.165) is 0 Å². The SMILES string of the molecule is COCCNC(CC(C)c1ccccc1)C(=O)OC. The van der Waals surface area contributed by atoms with E-state index < -0.39 is 0 Å². The molecule has 0 fully saturated rings. The van der Waals surface area contributed by atoms with Crippen LogP contribution in [0.4, 0.5) is 0 Å². The molecule has 2 atom stereocenters. The van der Waals surface area contributed by atoms with Gasteiger partial charge in [-0.15, -0.1) is 0 Å². The number of benzene rings is 1. The Bertz CT molecular complexity index is 367. The molecule has 1 aromatic carbocycles. The molecule has 2 unspecified atom stereocenters. The van der Waals surface area contributed by atoms with Crippen LogP contribution in [0.2, 0.25) is 0 Å². The Balaban J connectivity index is 2.58. The Morgan fingerprint density at radius 1 is 1.26 bits per heavy atom.